The van der Waals surface area contributed by atoms with Crippen molar-refractivity contribution in [3.05, 3.63) is 94.8 Å². The van der Waals surface area contributed by atoms with Gasteiger partial charge < -0.3 is 10.2 Å². The van der Waals surface area contributed by atoms with Gasteiger partial charge in [0, 0.05) is 17.6 Å². The van der Waals surface area contributed by atoms with Gasteiger partial charge in [-0.3, -0.25) is 13.9 Å². The van der Waals surface area contributed by atoms with Crippen LogP contribution in [0.2, 0.25) is 5.02 Å². The Morgan fingerprint density at radius 2 is 1.64 bits per heavy atom. The molecule has 0 aliphatic heterocycles. The Bertz CT molecular complexity index is 1400. The van der Waals surface area contributed by atoms with Gasteiger partial charge in [-0.25, -0.2) is 12.8 Å². The van der Waals surface area contributed by atoms with Crippen molar-refractivity contribution in [1.29, 1.82) is 0 Å². The Morgan fingerprint density at radius 1 is 1.00 bits per heavy atom. The van der Waals surface area contributed by atoms with E-state index in [1.165, 1.54) is 53.4 Å². The molecule has 0 aliphatic rings. The summed E-state index contributed by atoms with van der Waals surface area (Å²) in [4.78, 5) is 28.2. The average Bonchev–Trinajstić information content (AvgIpc) is 2.90. The van der Waals surface area contributed by atoms with E-state index in [9.17, 15) is 22.4 Å². The molecule has 2 amide bonds. The second-order valence-corrected chi connectivity index (χ2v) is 11.7. The van der Waals surface area contributed by atoms with Crippen LogP contribution < -0.4 is 9.62 Å². The maximum atomic E-state index is 13.9. The first-order chi connectivity index (χ1) is 18.4. The molecule has 208 valence electrons. The summed E-state index contributed by atoms with van der Waals surface area (Å²) in [5, 5.41) is 3.25. The van der Waals surface area contributed by atoms with Crippen molar-refractivity contribution >= 4 is 39.1 Å². The molecule has 0 heterocycles. The molecule has 2 atom stereocenters. The van der Waals surface area contributed by atoms with E-state index in [2.05, 4.69) is 5.32 Å². The normalized spacial score (nSPS) is 12.9. The summed E-state index contributed by atoms with van der Waals surface area (Å²) >= 11 is 5.97. The lowest BCUT2D eigenvalue weighted by Crippen LogP contribution is -2.52. The zero-order valence-corrected chi connectivity index (χ0v) is 24.0. The van der Waals surface area contributed by atoms with Gasteiger partial charge >= 0.3 is 0 Å². The van der Waals surface area contributed by atoms with Gasteiger partial charge in [0.1, 0.15) is 18.4 Å². The number of hydrogen-bond donors (Lipinski definition) is 1. The van der Waals surface area contributed by atoms with Crippen LogP contribution in [-0.4, -0.2) is 43.8 Å². The fourth-order valence-corrected chi connectivity index (χ4v) is 5.41. The van der Waals surface area contributed by atoms with Crippen molar-refractivity contribution in [2.24, 2.45) is 0 Å². The van der Waals surface area contributed by atoms with E-state index in [1.54, 1.807) is 25.1 Å². The van der Waals surface area contributed by atoms with Crippen molar-refractivity contribution in [2.45, 2.75) is 57.6 Å². The summed E-state index contributed by atoms with van der Waals surface area (Å²) < 4.78 is 42.1. The van der Waals surface area contributed by atoms with Crippen LogP contribution in [0.5, 0.6) is 0 Å². The summed E-state index contributed by atoms with van der Waals surface area (Å²) in [5.74, 6) is -1.40. The van der Waals surface area contributed by atoms with Gasteiger partial charge in [0.05, 0.1) is 10.6 Å². The fraction of sp³-hybridized carbons (Fsp3) is 0.310. The average molecular weight is 574 g/mol. The number of sulfonamides is 1. The summed E-state index contributed by atoms with van der Waals surface area (Å²) in [6.45, 7) is 6.62. The highest BCUT2D eigenvalue weighted by molar-refractivity contribution is 7.92. The second-order valence-electron chi connectivity index (χ2n) is 9.45. The minimum atomic E-state index is -4.19. The van der Waals surface area contributed by atoms with E-state index in [0.29, 0.717) is 22.7 Å². The van der Waals surface area contributed by atoms with Crippen LogP contribution in [0, 0.1) is 12.7 Å². The maximum Gasteiger partial charge on any atom is 0.264 e. The Morgan fingerprint density at radius 3 is 2.23 bits per heavy atom. The molecule has 3 aromatic carbocycles. The number of aryl methyl sites for hydroxylation is 1. The number of carbonyl (C=O) groups excluding carboxylic acids is 2. The number of rotatable bonds is 11. The van der Waals surface area contributed by atoms with Gasteiger partial charge in [-0.05, 0) is 86.8 Å². The Kier molecular flexibility index (Phi) is 10.1. The number of hydrogen-bond acceptors (Lipinski definition) is 4. The van der Waals surface area contributed by atoms with Crippen molar-refractivity contribution in [1.82, 2.24) is 10.2 Å². The SMILES string of the molecule is CC[C@H](C)NC(=O)[C@H](C)N(Cc1ccc(F)cc1)C(=O)CN(c1cccc(C)c1)S(=O)(=O)c1ccc(Cl)cc1. The van der Waals surface area contributed by atoms with E-state index < -0.39 is 34.3 Å². The molecular formula is C29H33ClFN3O4S. The third kappa shape index (κ3) is 7.80. The Labute approximate surface area is 234 Å². The van der Waals surface area contributed by atoms with Gasteiger partial charge in [0.15, 0.2) is 0 Å². The standard InChI is InChI=1S/C29H33ClFN3O4S/c1-5-21(3)32-29(36)22(4)33(18-23-9-13-25(31)14-10-23)28(35)19-34(26-8-6-7-20(2)17-26)39(37,38)27-15-11-24(30)12-16-27/h6-17,21-22H,5,18-19H2,1-4H3,(H,32,36)/t21-,22-/m0/s1. The van der Waals surface area contributed by atoms with Crippen LogP contribution in [0.1, 0.15) is 38.3 Å². The van der Waals surface area contributed by atoms with E-state index in [1.807, 2.05) is 26.8 Å². The summed E-state index contributed by atoms with van der Waals surface area (Å²) in [6.07, 6.45) is 0.699. The molecule has 0 aromatic heterocycles. The predicted octanol–water partition coefficient (Wildman–Crippen LogP) is 5.31. The number of anilines is 1. The number of benzene rings is 3. The molecule has 0 fully saturated rings. The lowest BCUT2D eigenvalue weighted by molar-refractivity contribution is -0.139. The zero-order valence-electron chi connectivity index (χ0n) is 22.4. The minimum Gasteiger partial charge on any atom is -0.352 e. The molecular weight excluding hydrogens is 541 g/mol. The van der Waals surface area contributed by atoms with Crippen molar-refractivity contribution in [3.8, 4) is 0 Å². The van der Waals surface area contributed by atoms with Gasteiger partial charge in [0.25, 0.3) is 10.0 Å². The molecule has 7 nitrogen and oxygen atoms in total. The second kappa shape index (κ2) is 13.1. The van der Waals surface area contributed by atoms with E-state index in [0.717, 1.165) is 9.87 Å². The topological polar surface area (TPSA) is 86.8 Å². The van der Waals surface area contributed by atoms with Crippen molar-refractivity contribution in [2.75, 3.05) is 10.8 Å². The Hall–Kier alpha value is -3.43. The van der Waals surface area contributed by atoms with Crippen molar-refractivity contribution < 1.29 is 22.4 Å². The number of carbonyl (C=O) groups is 2. The first-order valence-electron chi connectivity index (χ1n) is 12.6. The molecule has 3 rings (SSSR count). The lowest BCUT2D eigenvalue weighted by atomic mass is 10.1. The molecule has 0 spiro atoms. The predicted molar refractivity (Wildman–Crippen MR) is 151 cm³/mol. The third-order valence-corrected chi connectivity index (χ3v) is 8.44. The van der Waals surface area contributed by atoms with Gasteiger partial charge in [-0.2, -0.15) is 0 Å². The molecule has 0 saturated carbocycles. The zero-order chi connectivity index (χ0) is 28.7. The molecule has 39 heavy (non-hydrogen) atoms. The summed E-state index contributed by atoms with van der Waals surface area (Å²) in [5.41, 5.74) is 1.70. The monoisotopic (exact) mass is 573 g/mol. The Balaban J connectivity index is 2.02. The highest BCUT2D eigenvalue weighted by Crippen LogP contribution is 2.26. The lowest BCUT2D eigenvalue weighted by Gasteiger charge is -2.32. The first kappa shape index (κ1) is 30.1. The molecule has 10 heteroatoms. The van der Waals surface area contributed by atoms with Gasteiger partial charge in [0.2, 0.25) is 11.8 Å². The molecule has 1 N–H and O–H groups in total. The molecule has 0 bridgehead atoms. The molecule has 0 saturated heterocycles. The number of amides is 2. The smallest absolute Gasteiger partial charge is 0.264 e. The molecule has 0 aliphatic carbocycles. The minimum absolute atomic E-state index is 0.0170. The van der Waals surface area contributed by atoms with Gasteiger partial charge in [-0.15, -0.1) is 0 Å². The molecule has 3 aromatic rings. The maximum absolute atomic E-state index is 13.9. The van der Waals surface area contributed by atoms with E-state index in [-0.39, 0.29) is 23.4 Å². The fourth-order valence-electron chi connectivity index (χ4n) is 3.88. The van der Waals surface area contributed by atoms with Crippen LogP contribution in [-0.2, 0) is 26.2 Å². The number of nitrogens with zero attached hydrogens (tertiary/aromatic N) is 2. The highest BCUT2D eigenvalue weighted by atomic mass is 35.5. The summed E-state index contributed by atoms with van der Waals surface area (Å²) in [6, 6.07) is 17.0. The number of halogens is 2. The quantitative estimate of drug-likeness (QED) is 0.337. The van der Waals surface area contributed by atoms with E-state index >= 15 is 0 Å². The van der Waals surface area contributed by atoms with Crippen LogP contribution in [0.25, 0.3) is 0 Å². The highest BCUT2D eigenvalue weighted by Gasteiger charge is 2.32. The first-order valence-corrected chi connectivity index (χ1v) is 14.4. The van der Waals surface area contributed by atoms with Gasteiger partial charge in [-0.1, -0.05) is 42.8 Å². The van der Waals surface area contributed by atoms with Crippen LogP contribution in [0.3, 0.4) is 0 Å². The van der Waals surface area contributed by atoms with Crippen molar-refractivity contribution in [3.63, 3.8) is 0 Å². The molecule has 0 radical (unpaired) electrons. The largest absolute Gasteiger partial charge is 0.352 e. The molecule has 0 unspecified atom stereocenters. The van der Waals surface area contributed by atoms with Crippen LogP contribution >= 0.6 is 11.6 Å². The number of nitrogens with one attached hydrogen (secondary N) is 1. The van der Waals surface area contributed by atoms with E-state index in [4.69, 9.17) is 11.6 Å². The van der Waals surface area contributed by atoms with Crippen LogP contribution in [0.15, 0.2) is 77.7 Å². The summed E-state index contributed by atoms with van der Waals surface area (Å²) in [7, 11) is -4.19. The van der Waals surface area contributed by atoms with Crippen LogP contribution in [0.4, 0.5) is 10.1 Å². The third-order valence-electron chi connectivity index (χ3n) is 6.40.